The maximum Gasteiger partial charge on any atom is 0.258 e. The van der Waals surface area contributed by atoms with Gasteiger partial charge in [-0.25, -0.2) is 4.98 Å². The molecule has 0 radical (unpaired) electrons. The van der Waals surface area contributed by atoms with E-state index in [1.54, 1.807) is 6.07 Å². The lowest BCUT2D eigenvalue weighted by molar-refractivity contribution is -0.134. The summed E-state index contributed by atoms with van der Waals surface area (Å²) in [5, 5.41) is 0.575. The molecule has 1 saturated carbocycles. The normalized spacial score (nSPS) is 20.2. The molecule has 2 fully saturated rings. The summed E-state index contributed by atoms with van der Waals surface area (Å²) >= 11 is 0. The summed E-state index contributed by atoms with van der Waals surface area (Å²) in [7, 11) is 0. The van der Waals surface area contributed by atoms with E-state index >= 15 is 0 Å². The molecule has 1 unspecified atom stereocenters. The van der Waals surface area contributed by atoms with E-state index in [9.17, 15) is 9.59 Å². The molecule has 1 aromatic carbocycles. The predicted molar refractivity (Wildman–Crippen MR) is 113 cm³/mol. The van der Waals surface area contributed by atoms with Crippen LogP contribution in [-0.2, 0) is 16.1 Å². The van der Waals surface area contributed by atoms with Crippen LogP contribution in [0, 0.1) is 5.92 Å². The van der Waals surface area contributed by atoms with E-state index in [-0.39, 0.29) is 17.6 Å². The van der Waals surface area contributed by atoms with Gasteiger partial charge in [0.05, 0.1) is 23.6 Å². The number of H-pyrrole nitrogens is 1. The van der Waals surface area contributed by atoms with Gasteiger partial charge in [-0.05, 0) is 37.3 Å². The molecule has 1 amide bonds. The molecule has 1 aliphatic carbocycles. The van der Waals surface area contributed by atoms with E-state index < -0.39 is 0 Å². The number of benzene rings is 1. The van der Waals surface area contributed by atoms with Gasteiger partial charge in [0.2, 0.25) is 5.91 Å². The third-order valence-corrected chi connectivity index (χ3v) is 6.29. The zero-order valence-electron chi connectivity index (χ0n) is 17.1. The highest BCUT2D eigenvalue weighted by atomic mass is 16.5. The first-order chi connectivity index (χ1) is 14.2. The highest BCUT2D eigenvalue weighted by Gasteiger charge is 2.24. The van der Waals surface area contributed by atoms with Crippen LogP contribution in [-0.4, -0.2) is 40.0 Å². The Morgan fingerprint density at radius 1 is 1.14 bits per heavy atom. The number of hydrogen-bond donors (Lipinski definition) is 1. The average Bonchev–Trinajstić information content (AvgIpc) is 3.25. The van der Waals surface area contributed by atoms with Crippen LogP contribution < -0.4 is 5.56 Å². The highest BCUT2D eigenvalue weighted by molar-refractivity contribution is 5.78. The molecule has 0 bridgehead atoms. The van der Waals surface area contributed by atoms with E-state index in [0.717, 1.165) is 25.9 Å². The fraction of sp³-hybridized carbons (Fsp3) is 0.609. The summed E-state index contributed by atoms with van der Waals surface area (Å²) in [6, 6.07) is 7.31. The third kappa shape index (κ3) is 5.24. The lowest BCUT2D eigenvalue weighted by atomic mass is 9.86. The molecule has 2 aromatic rings. The number of carbonyl (C=O) groups is 1. The Morgan fingerprint density at radius 2 is 1.97 bits per heavy atom. The molecule has 6 nitrogen and oxygen atoms in total. The molecule has 1 atom stereocenters. The number of aromatic amines is 1. The molecule has 1 aromatic heterocycles. The minimum Gasteiger partial charge on any atom is -0.376 e. The molecule has 156 valence electrons. The predicted octanol–water partition coefficient (Wildman–Crippen LogP) is 3.79. The summed E-state index contributed by atoms with van der Waals surface area (Å²) in [4.78, 5) is 34.8. The Balaban J connectivity index is 1.47. The average molecular weight is 398 g/mol. The summed E-state index contributed by atoms with van der Waals surface area (Å²) in [6.07, 6.45) is 10.0. The first-order valence-electron chi connectivity index (χ1n) is 11.1. The topological polar surface area (TPSA) is 75.3 Å². The zero-order chi connectivity index (χ0) is 20.1. The lowest BCUT2D eigenvalue weighted by Gasteiger charge is -2.27. The number of amides is 1. The molecular formula is C23H31N3O3. The van der Waals surface area contributed by atoms with Gasteiger partial charge in [-0.1, -0.05) is 44.2 Å². The molecule has 4 rings (SSSR count). The van der Waals surface area contributed by atoms with Crippen LogP contribution in [0.5, 0.6) is 0 Å². The Bertz CT molecular complexity index is 882. The summed E-state index contributed by atoms with van der Waals surface area (Å²) in [5.41, 5.74) is 0.510. The molecule has 6 heteroatoms. The second kappa shape index (κ2) is 9.53. The van der Waals surface area contributed by atoms with E-state index in [2.05, 4.69) is 9.97 Å². The van der Waals surface area contributed by atoms with Crippen molar-refractivity contribution in [1.29, 1.82) is 0 Å². The van der Waals surface area contributed by atoms with Crippen LogP contribution in [0.3, 0.4) is 0 Å². The van der Waals surface area contributed by atoms with Gasteiger partial charge in [-0.3, -0.25) is 9.59 Å². The van der Waals surface area contributed by atoms with Crippen molar-refractivity contribution < 1.29 is 9.53 Å². The number of ether oxygens (including phenoxy) is 1. The number of nitrogens with zero attached hydrogens (tertiary/aromatic N) is 2. The van der Waals surface area contributed by atoms with Gasteiger partial charge >= 0.3 is 0 Å². The molecule has 0 spiro atoms. The first-order valence-corrected chi connectivity index (χ1v) is 11.1. The molecule has 1 saturated heterocycles. The third-order valence-electron chi connectivity index (χ3n) is 6.29. The number of carbonyl (C=O) groups excluding carboxylic acids is 1. The Hall–Kier alpha value is -2.21. The van der Waals surface area contributed by atoms with Gasteiger partial charge in [0.1, 0.15) is 5.82 Å². The van der Waals surface area contributed by atoms with Gasteiger partial charge in [0.15, 0.2) is 0 Å². The van der Waals surface area contributed by atoms with Crippen molar-refractivity contribution >= 4 is 16.8 Å². The van der Waals surface area contributed by atoms with Crippen LogP contribution in [0.1, 0.15) is 63.6 Å². The van der Waals surface area contributed by atoms with Crippen LogP contribution in [0.4, 0.5) is 0 Å². The highest BCUT2D eigenvalue weighted by Crippen LogP contribution is 2.27. The van der Waals surface area contributed by atoms with Gasteiger partial charge < -0.3 is 14.6 Å². The molecular weight excluding hydrogens is 366 g/mol. The van der Waals surface area contributed by atoms with E-state index in [4.69, 9.17) is 4.74 Å². The molecule has 1 N–H and O–H groups in total. The van der Waals surface area contributed by atoms with Gasteiger partial charge in [-0.15, -0.1) is 0 Å². The standard InChI is InChI=1S/C23H31N3O3/c27-22(13-12-17-7-2-1-3-8-17)26(15-18-9-6-14-29-18)16-21-24-20-11-5-4-10-19(20)23(28)25-21/h4-5,10-11,17-18H,1-3,6-9,12-16H2,(H,24,25,28). The molecule has 1 aliphatic heterocycles. The number of hydrogen-bond acceptors (Lipinski definition) is 4. The minimum atomic E-state index is -0.155. The largest absolute Gasteiger partial charge is 0.376 e. The van der Waals surface area contributed by atoms with Crippen molar-refractivity contribution in [2.75, 3.05) is 13.2 Å². The van der Waals surface area contributed by atoms with E-state index in [1.165, 1.54) is 32.1 Å². The van der Waals surface area contributed by atoms with Gasteiger partial charge in [-0.2, -0.15) is 0 Å². The van der Waals surface area contributed by atoms with Crippen molar-refractivity contribution in [3.8, 4) is 0 Å². The van der Waals surface area contributed by atoms with Crippen molar-refractivity contribution in [2.24, 2.45) is 5.92 Å². The summed E-state index contributed by atoms with van der Waals surface area (Å²) < 4.78 is 5.77. The number of para-hydroxylation sites is 1. The molecule has 29 heavy (non-hydrogen) atoms. The first kappa shape index (κ1) is 20.1. The Labute approximate surface area is 171 Å². The van der Waals surface area contributed by atoms with E-state index in [1.807, 2.05) is 23.1 Å². The van der Waals surface area contributed by atoms with Crippen LogP contribution in [0.15, 0.2) is 29.1 Å². The van der Waals surface area contributed by atoms with Crippen LogP contribution >= 0.6 is 0 Å². The molecule has 2 aliphatic rings. The van der Waals surface area contributed by atoms with Crippen molar-refractivity contribution in [3.63, 3.8) is 0 Å². The second-order valence-electron chi connectivity index (χ2n) is 8.48. The minimum absolute atomic E-state index is 0.0841. The van der Waals surface area contributed by atoms with Crippen molar-refractivity contribution in [2.45, 2.75) is 70.4 Å². The Morgan fingerprint density at radius 3 is 2.76 bits per heavy atom. The summed E-state index contributed by atoms with van der Waals surface area (Å²) in [5.74, 6) is 1.36. The van der Waals surface area contributed by atoms with Gasteiger partial charge in [0.25, 0.3) is 5.56 Å². The van der Waals surface area contributed by atoms with Crippen molar-refractivity contribution in [3.05, 3.63) is 40.4 Å². The van der Waals surface area contributed by atoms with Crippen molar-refractivity contribution in [1.82, 2.24) is 14.9 Å². The lowest BCUT2D eigenvalue weighted by Crippen LogP contribution is -2.38. The monoisotopic (exact) mass is 397 g/mol. The van der Waals surface area contributed by atoms with Crippen LogP contribution in [0.2, 0.25) is 0 Å². The summed E-state index contributed by atoms with van der Waals surface area (Å²) in [6.45, 7) is 1.66. The smallest absolute Gasteiger partial charge is 0.258 e. The molecule has 2 heterocycles. The Kier molecular flexibility index (Phi) is 6.60. The van der Waals surface area contributed by atoms with Crippen LogP contribution in [0.25, 0.3) is 10.9 Å². The second-order valence-corrected chi connectivity index (χ2v) is 8.48. The maximum atomic E-state index is 13.1. The number of aromatic nitrogens is 2. The maximum absolute atomic E-state index is 13.1. The number of nitrogens with one attached hydrogen (secondary N) is 1. The number of rotatable bonds is 7. The zero-order valence-corrected chi connectivity index (χ0v) is 17.1. The fourth-order valence-corrected chi connectivity index (χ4v) is 4.64. The number of fused-ring (bicyclic) bond motifs is 1. The van der Waals surface area contributed by atoms with E-state index in [0.29, 0.717) is 42.2 Å². The fourth-order valence-electron chi connectivity index (χ4n) is 4.64. The quantitative estimate of drug-likeness (QED) is 0.771. The SMILES string of the molecule is O=C(CCC1CCCCC1)N(Cc1nc2ccccc2c(=O)[nH]1)CC1CCCO1. The van der Waals surface area contributed by atoms with Gasteiger partial charge in [0, 0.05) is 19.6 Å².